The number of aromatic hydroxyl groups is 3. The van der Waals surface area contributed by atoms with Crippen LogP contribution in [-0.4, -0.2) is 33.1 Å². The Bertz CT molecular complexity index is 242. The first-order valence-electron chi connectivity index (χ1n) is 2.57. The van der Waals surface area contributed by atoms with Gasteiger partial charge in [-0.1, -0.05) is 0 Å². The first-order chi connectivity index (χ1) is 4.61. The van der Waals surface area contributed by atoms with Gasteiger partial charge in [0.1, 0.15) is 0 Å². The van der Waals surface area contributed by atoms with E-state index >= 15 is 0 Å². The lowest BCUT2D eigenvalue weighted by atomic mass is 9.99. The summed E-state index contributed by atoms with van der Waals surface area (Å²) in [5.74, 6) is -0.824. The van der Waals surface area contributed by atoms with E-state index in [4.69, 9.17) is 15.3 Å². The molecule has 0 saturated heterocycles. The number of hydrogen-bond acceptors (Lipinski definition) is 5. The molecular weight excluding hydrogens is 135 g/mol. The molecule has 10 heavy (non-hydrogen) atoms. The fraction of sp³-hybridized carbons (Fsp3) is 0. The first-order valence-corrected chi connectivity index (χ1v) is 2.57. The Hall–Kier alpha value is -1.46. The van der Waals surface area contributed by atoms with Gasteiger partial charge in [-0.05, 0) is 0 Å². The molecule has 0 aromatic carbocycles. The second-order valence-electron chi connectivity index (χ2n) is 1.80. The smallest absolute Gasteiger partial charge is 0.320 e. The Morgan fingerprint density at radius 1 is 1.00 bits per heavy atom. The van der Waals surface area contributed by atoms with Crippen LogP contribution in [0.5, 0.6) is 17.8 Å². The molecule has 5 nitrogen and oxygen atoms in total. The van der Waals surface area contributed by atoms with Crippen LogP contribution in [0.3, 0.4) is 0 Å². The molecule has 0 spiro atoms. The van der Waals surface area contributed by atoms with Gasteiger partial charge in [-0.3, -0.25) is 0 Å². The summed E-state index contributed by atoms with van der Waals surface area (Å²) in [5, 5.41) is 26.2. The van der Waals surface area contributed by atoms with Crippen LogP contribution in [0.15, 0.2) is 0 Å². The number of aromatic nitrogens is 2. The number of nitrogens with zero attached hydrogens (tertiary/aromatic N) is 2. The fourth-order valence-corrected chi connectivity index (χ4v) is 0.482. The lowest BCUT2D eigenvalue weighted by Crippen LogP contribution is -2.06. The zero-order valence-electron chi connectivity index (χ0n) is 5.24. The van der Waals surface area contributed by atoms with Crippen molar-refractivity contribution in [2.24, 2.45) is 0 Å². The van der Waals surface area contributed by atoms with E-state index in [1.165, 1.54) is 7.85 Å². The highest BCUT2D eigenvalue weighted by atomic mass is 16.3. The molecule has 0 saturated carbocycles. The molecule has 0 fully saturated rings. The Labute approximate surface area is 57.4 Å². The van der Waals surface area contributed by atoms with Crippen LogP contribution >= 0.6 is 0 Å². The van der Waals surface area contributed by atoms with E-state index in [0.29, 0.717) is 0 Å². The van der Waals surface area contributed by atoms with E-state index in [2.05, 4.69) is 9.97 Å². The van der Waals surface area contributed by atoms with Crippen molar-refractivity contribution in [1.82, 2.24) is 9.97 Å². The van der Waals surface area contributed by atoms with Crippen LogP contribution in [0.4, 0.5) is 0 Å². The van der Waals surface area contributed by atoms with Gasteiger partial charge >= 0.3 is 6.01 Å². The van der Waals surface area contributed by atoms with Crippen molar-refractivity contribution in [2.45, 2.75) is 0 Å². The monoisotopic (exact) mass is 140 g/mol. The van der Waals surface area contributed by atoms with Crippen LogP contribution in [0.25, 0.3) is 0 Å². The molecule has 0 aliphatic heterocycles. The molecule has 1 aromatic heterocycles. The van der Waals surface area contributed by atoms with Crippen molar-refractivity contribution in [3.8, 4) is 17.8 Å². The lowest BCUT2D eigenvalue weighted by molar-refractivity contribution is 0.376. The van der Waals surface area contributed by atoms with Gasteiger partial charge in [0.05, 0.1) is 0 Å². The van der Waals surface area contributed by atoms with Crippen molar-refractivity contribution < 1.29 is 15.3 Å². The summed E-state index contributed by atoms with van der Waals surface area (Å²) in [6.07, 6.45) is 0. The summed E-state index contributed by atoms with van der Waals surface area (Å²) in [4.78, 5) is 6.35. The van der Waals surface area contributed by atoms with E-state index in [-0.39, 0.29) is 5.46 Å². The third kappa shape index (κ3) is 0.951. The van der Waals surface area contributed by atoms with Gasteiger partial charge in [0, 0.05) is 5.46 Å². The van der Waals surface area contributed by atoms with Crippen molar-refractivity contribution in [1.29, 1.82) is 0 Å². The minimum atomic E-state index is -0.638. The van der Waals surface area contributed by atoms with E-state index in [1.54, 1.807) is 0 Å². The summed E-state index contributed by atoms with van der Waals surface area (Å²) in [6.45, 7) is 0. The van der Waals surface area contributed by atoms with Gasteiger partial charge in [0.2, 0.25) is 11.8 Å². The van der Waals surface area contributed by atoms with Gasteiger partial charge in [-0.25, -0.2) is 0 Å². The predicted molar refractivity (Wildman–Crippen MR) is 35.2 cm³/mol. The topological polar surface area (TPSA) is 86.5 Å². The number of rotatable bonds is 0. The molecule has 3 N–H and O–H groups in total. The molecule has 0 unspecified atom stereocenters. The zero-order chi connectivity index (χ0) is 7.72. The molecule has 0 aliphatic carbocycles. The third-order valence-corrected chi connectivity index (χ3v) is 1.08. The summed E-state index contributed by atoms with van der Waals surface area (Å²) in [5.41, 5.74) is 0.151. The molecule has 1 rings (SSSR count). The molecule has 0 atom stereocenters. The Morgan fingerprint density at radius 3 is 1.80 bits per heavy atom. The maximum absolute atomic E-state index is 8.81. The fourth-order valence-electron chi connectivity index (χ4n) is 0.482. The summed E-state index contributed by atoms with van der Waals surface area (Å²) >= 11 is 0. The predicted octanol–water partition coefficient (Wildman–Crippen LogP) is -2.15. The standard InChI is InChI=1S/C4H5BN2O3/c5-1-2(8)6-4(10)7-3(1)9/h5H2,(H3,6,7,8,9,10). The molecule has 52 valence electrons. The quantitative estimate of drug-likeness (QED) is 0.357. The van der Waals surface area contributed by atoms with Crippen LogP contribution in [0.2, 0.25) is 0 Å². The minimum absolute atomic E-state index is 0.151. The zero-order valence-corrected chi connectivity index (χ0v) is 5.24. The van der Waals surface area contributed by atoms with Gasteiger partial charge in [-0.15, -0.1) is 0 Å². The van der Waals surface area contributed by atoms with Gasteiger partial charge in [-0.2, -0.15) is 9.97 Å². The molecule has 1 aromatic rings. The van der Waals surface area contributed by atoms with Crippen LogP contribution in [0, 0.1) is 0 Å². The van der Waals surface area contributed by atoms with Crippen molar-refractivity contribution in [3.63, 3.8) is 0 Å². The summed E-state index contributed by atoms with van der Waals surface area (Å²) in [7, 11) is 1.43. The molecule has 0 radical (unpaired) electrons. The maximum atomic E-state index is 8.81. The lowest BCUT2D eigenvalue weighted by Gasteiger charge is -1.98. The Morgan fingerprint density at radius 2 is 1.40 bits per heavy atom. The summed E-state index contributed by atoms with van der Waals surface area (Å²) in [6, 6.07) is -0.638. The first kappa shape index (κ1) is 6.66. The summed E-state index contributed by atoms with van der Waals surface area (Å²) < 4.78 is 0. The highest BCUT2D eigenvalue weighted by molar-refractivity contribution is 6.35. The normalized spacial score (nSPS) is 9.60. The van der Waals surface area contributed by atoms with Crippen LogP contribution in [-0.2, 0) is 0 Å². The van der Waals surface area contributed by atoms with Gasteiger partial charge < -0.3 is 15.3 Å². The highest BCUT2D eigenvalue weighted by Gasteiger charge is 2.06. The van der Waals surface area contributed by atoms with E-state index in [1.807, 2.05) is 0 Å². The Kier molecular flexibility index (Phi) is 1.37. The Balaban J connectivity index is 3.31. The average molecular weight is 140 g/mol. The minimum Gasteiger partial charge on any atom is -0.493 e. The average Bonchev–Trinajstić information content (AvgIpc) is 1.82. The van der Waals surface area contributed by atoms with Crippen molar-refractivity contribution in [2.75, 3.05) is 0 Å². The van der Waals surface area contributed by atoms with E-state index in [9.17, 15) is 0 Å². The highest BCUT2D eigenvalue weighted by Crippen LogP contribution is 2.10. The van der Waals surface area contributed by atoms with E-state index in [0.717, 1.165) is 0 Å². The molecule has 0 amide bonds. The van der Waals surface area contributed by atoms with Gasteiger partial charge in [0.25, 0.3) is 0 Å². The SMILES string of the molecule is Bc1c(O)nc(O)nc1O. The molecule has 6 heteroatoms. The molecular formula is C4H5BN2O3. The van der Waals surface area contributed by atoms with Crippen molar-refractivity contribution >= 4 is 13.3 Å². The molecule has 1 heterocycles. The van der Waals surface area contributed by atoms with E-state index < -0.39 is 17.8 Å². The van der Waals surface area contributed by atoms with Crippen LogP contribution in [0.1, 0.15) is 0 Å². The van der Waals surface area contributed by atoms with Crippen LogP contribution < -0.4 is 5.46 Å². The number of hydrogen-bond donors (Lipinski definition) is 3. The second kappa shape index (κ2) is 2.05. The third-order valence-electron chi connectivity index (χ3n) is 1.08. The molecule has 0 bridgehead atoms. The second-order valence-corrected chi connectivity index (χ2v) is 1.80. The largest absolute Gasteiger partial charge is 0.493 e. The van der Waals surface area contributed by atoms with Crippen molar-refractivity contribution in [3.05, 3.63) is 0 Å². The molecule has 0 aliphatic rings. The maximum Gasteiger partial charge on any atom is 0.320 e. The van der Waals surface area contributed by atoms with Gasteiger partial charge in [0.15, 0.2) is 7.85 Å².